The zero-order valence-electron chi connectivity index (χ0n) is 14.8. The Kier molecular flexibility index (Phi) is 4.87. The molecular formula is C19H20ClN3O2S. The lowest BCUT2D eigenvalue weighted by atomic mass is 9.97. The molecule has 1 aliphatic rings. The van der Waals surface area contributed by atoms with Crippen LogP contribution >= 0.6 is 22.9 Å². The maximum absolute atomic E-state index is 6.16. The maximum Gasteiger partial charge on any atom is 0.225 e. The zero-order valence-corrected chi connectivity index (χ0v) is 16.3. The van der Waals surface area contributed by atoms with Gasteiger partial charge in [0, 0.05) is 11.4 Å². The topological polar surface area (TPSA) is 56.3 Å². The largest absolute Gasteiger partial charge is 0.493 e. The van der Waals surface area contributed by atoms with E-state index >= 15 is 0 Å². The Morgan fingerprint density at radius 2 is 1.92 bits per heavy atom. The summed E-state index contributed by atoms with van der Waals surface area (Å²) in [6.45, 7) is 0.618. The molecule has 0 amide bonds. The average molecular weight is 390 g/mol. The second-order valence-corrected chi connectivity index (χ2v) is 7.70. The van der Waals surface area contributed by atoms with Crippen molar-refractivity contribution in [3.8, 4) is 11.5 Å². The van der Waals surface area contributed by atoms with Gasteiger partial charge in [0.25, 0.3) is 0 Å². The smallest absolute Gasteiger partial charge is 0.225 e. The van der Waals surface area contributed by atoms with Crippen LogP contribution in [0.2, 0.25) is 5.28 Å². The number of hydrogen-bond acceptors (Lipinski definition) is 6. The Bertz CT molecular complexity index is 958. The lowest BCUT2D eigenvalue weighted by Gasteiger charge is -2.13. The summed E-state index contributed by atoms with van der Waals surface area (Å²) in [6.07, 6.45) is 4.68. The van der Waals surface area contributed by atoms with E-state index in [-0.39, 0.29) is 5.28 Å². The van der Waals surface area contributed by atoms with Gasteiger partial charge in [0.1, 0.15) is 10.6 Å². The third kappa shape index (κ3) is 3.19. The van der Waals surface area contributed by atoms with Crippen molar-refractivity contribution in [2.75, 3.05) is 19.5 Å². The van der Waals surface area contributed by atoms with E-state index in [9.17, 15) is 0 Å². The Morgan fingerprint density at radius 1 is 1.12 bits per heavy atom. The minimum atomic E-state index is 0.283. The van der Waals surface area contributed by atoms with Crippen molar-refractivity contribution in [3.05, 3.63) is 39.5 Å². The first-order valence-electron chi connectivity index (χ1n) is 8.62. The van der Waals surface area contributed by atoms with E-state index in [4.69, 9.17) is 21.1 Å². The standard InChI is InChI=1S/C19H20ClN3O2S/c1-24-13-8-7-11(9-14(13)25-2)10-21-17-16-12-5-3-4-6-15(12)26-18(16)23-19(20)22-17/h7-9H,3-6,10H2,1-2H3,(H,21,22,23). The summed E-state index contributed by atoms with van der Waals surface area (Å²) >= 11 is 7.91. The number of fused-ring (bicyclic) bond motifs is 3. The van der Waals surface area contributed by atoms with Crippen molar-refractivity contribution in [1.29, 1.82) is 0 Å². The molecule has 1 aliphatic carbocycles. The van der Waals surface area contributed by atoms with Crippen LogP contribution in [0.4, 0.5) is 5.82 Å². The van der Waals surface area contributed by atoms with Crippen molar-refractivity contribution in [2.24, 2.45) is 0 Å². The molecule has 2 aromatic heterocycles. The number of benzene rings is 1. The van der Waals surface area contributed by atoms with Gasteiger partial charge in [-0.2, -0.15) is 0 Å². The predicted octanol–water partition coefficient (Wildman–Crippen LogP) is 4.85. The van der Waals surface area contributed by atoms with Crippen molar-refractivity contribution in [3.63, 3.8) is 0 Å². The quantitative estimate of drug-likeness (QED) is 0.632. The van der Waals surface area contributed by atoms with Crippen LogP contribution in [0.25, 0.3) is 10.2 Å². The number of ether oxygens (including phenoxy) is 2. The molecule has 1 aromatic carbocycles. The molecule has 0 spiro atoms. The minimum absolute atomic E-state index is 0.283. The molecule has 0 unspecified atom stereocenters. The molecule has 0 saturated heterocycles. The van der Waals surface area contributed by atoms with E-state index in [1.165, 1.54) is 23.3 Å². The summed E-state index contributed by atoms with van der Waals surface area (Å²) in [5.41, 5.74) is 2.47. The maximum atomic E-state index is 6.16. The van der Waals surface area contributed by atoms with E-state index in [0.717, 1.165) is 40.2 Å². The van der Waals surface area contributed by atoms with Crippen LogP contribution in [0.1, 0.15) is 28.8 Å². The van der Waals surface area contributed by atoms with Gasteiger partial charge in [-0.1, -0.05) is 6.07 Å². The lowest BCUT2D eigenvalue weighted by Crippen LogP contribution is -2.05. The summed E-state index contributed by atoms with van der Waals surface area (Å²) in [7, 11) is 3.27. The average Bonchev–Trinajstić information content (AvgIpc) is 3.03. The third-order valence-corrected chi connectivity index (χ3v) is 6.05. The van der Waals surface area contributed by atoms with Gasteiger partial charge in [0.05, 0.1) is 19.6 Å². The van der Waals surface area contributed by atoms with Crippen LogP contribution < -0.4 is 14.8 Å². The first kappa shape index (κ1) is 17.4. The van der Waals surface area contributed by atoms with E-state index in [2.05, 4.69) is 15.3 Å². The van der Waals surface area contributed by atoms with E-state index in [1.807, 2.05) is 18.2 Å². The van der Waals surface area contributed by atoms with E-state index in [0.29, 0.717) is 12.3 Å². The first-order valence-corrected chi connectivity index (χ1v) is 9.81. The second-order valence-electron chi connectivity index (χ2n) is 6.28. The zero-order chi connectivity index (χ0) is 18.1. The Hall–Kier alpha value is -2.05. The van der Waals surface area contributed by atoms with Crippen molar-refractivity contribution >= 4 is 39.0 Å². The number of aryl methyl sites for hydroxylation is 2. The fourth-order valence-electron chi connectivity index (χ4n) is 3.44. The van der Waals surface area contributed by atoms with E-state index < -0.39 is 0 Å². The molecule has 0 aliphatic heterocycles. The molecule has 0 atom stereocenters. The molecule has 1 N–H and O–H groups in total. The lowest BCUT2D eigenvalue weighted by molar-refractivity contribution is 0.354. The molecule has 2 heterocycles. The second kappa shape index (κ2) is 7.29. The predicted molar refractivity (Wildman–Crippen MR) is 106 cm³/mol. The summed E-state index contributed by atoms with van der Waals surface area (Å²) in [5.74, 6) is 2.25. The van der Waals surface area contributed by atoms with Crippen molar-refractivity contribution in [1.82, 2.24) is 9.97 Å². The fraction of sp³-hybridized carbons (Fsp3) is 0.368. The number of nitrogens with one attached hydrogen (secondary N) is 1. The Morgan fingerprint density at radius 3 is 2.73 bits per heavy atom. The molecular weight excluding hydrogens is 370 g/mol. The normalized spacial score (nSPS) is 13.5. The van der Waals surface area contributed by atoms with Gasteiger partial charge >= 0.3 is 0 Å². The molecule has 0 fully saturated rings. The number of nitrogens with zero attached hydrogens (tertiary/aromatic N) is 2. The van der Waals surface area contributed by atoms with Gasteiger partial charge in [-0.15, -0.1) is 11.3 Å². The highest BCUT2D eigenvalue weighted by atomic mass is 35.5. The number of halogens is 1. The summed E-state index contributed by atoms with van der Waals surface area (Å²) < 4.78 is 10.7. The highest BCUT2D eigenvalue weighted by Gasteiger charge is 2.21. The SMILES string of the molecule is COc1ccc(CNc2nc(Cl)nc3sc4c(c23)CCCC4)cc1OC. The minimum Gasteiger partial charge on any atom is -0.493 e. The number of aromatic nitrogens is 2. The molecule has 0 radical (unpaired) electrons. The number of anilines is 1. The molecule has 26 heavy (non-hydrogen) atoms. The highest BCUT2D eigenvalue weighted by molar-refractivity contribution is 7.19. The van der Waals surface area contributed by atoms with Crippen molar-refractivity contribution in [2.45, 2.75) is 32.2 Å². The molecule has 3 aromatic rings. The van der Waals surface area contributed by atoms with Gasteiger partial charge in [-0.25, -0.2) is 9.97 Å². The highest BCUT2D eigenvalue weighted by Crippen LogP contribution is 2.39. The number of hydrogen-bond donors (Lipinski definition) is 1. The number of thiophene rings is 1. The Balaban J connectivity index is 1.66. The van der Waals surface area contributed by atoms with Gasteiger partial charge in [-0.3, -0.25) is 0 Å². The van der Waals surface area contributed by atoms with Crippen LogP contribution in [0, 0.1) is 0 Å². The van der Waals surface area contributed by atoms with Crippen LogP contribution in [-0.4, -0.2) is 24.2 Å². The first-order chi connectivity index (χ1) is 12.7. The molecule has 136 valence electrons. The van der Waals surface area contributed by atoms with Crippen molar-refractivity contribution < 1.29 is 9.47 Å². The molecule has 0 bridgehead atoms. The van der Waals surface area contributed by atoms with Crippen LogP contribution in [0.3, 0.4) is 0 Å². The summed E-state index contributed by atoms with van der Waals surface area (Å²) in [4.78, 5) is 11.3. The van der Waals surface area contributed by atoms with Crippen LogP contribution in [0.15, 0.2) is 18.2 Å². The number of rotatable bonds is 5. The van der Waals surface area contributed by atoms with E-state index in [1.54, 1.807) is 25.6 Å². The van der Waals surface area contributed by atoms with Crippen LogP contribution in [0.5, 0.6) is 11.5 Å². The van der Waals surface area contributed by atoms with Gasteiger partial charge in [-0.05, 0) is 60.5 Å². The van der Waals surface area contributed by atoms with Gasteiger partial charge < -0.3 is 14.8 Å². The van der Waals surface area contributed by atoms with Gasteiger partial charge in [0.2, 0.25) is 5.28 Å². The molecule has 0 saturated carbocycles. The summed E-state index contributed by atoms with van der Waals surface area (Å²) in [5, 5.41) is 4.86. The molecule has 4 rings (SSSR count). The third-order valence-electron chi connectivity index (χ3n) is 4.70. The molecule has 7 heteroatoms. The summed E-state index contributed by atoms with van der Waals surface area (Å²) in [6, 6.07) is 5.89. The Labute approximate surface area is 161 Å². The van der Waals surface area contributed by atoms with Gasteiger partial charge in [0.15, 0.2) is 11.5 Å². The van der Waals surface area contributed by atoms with Crippen LogP contribution in [-0.2, 0) is 19.4 Å². The number of methoxy groups -OCH3 is 2. The fourth-order valence-corrected chi connectivity index (χ4v) is 4.92. The monoisotopic (exact) mass is 389 g/mol. The molecule has 5 nitrogen and oxygen atoms in total.